The second kappa shape index (κ2) is 7.89. The van der Waals surface area contributed by atoms with E-state index in [-0.39, 0.29) is 5.91 Å². The number of aromatic nitrogens is 2. The topological polar surface area (TPSA) is 71.7 Å². The van der Waals surface area contributed by atoms with Gasteiger partial charge in [-0.3, -0.25) is 9.69 Å². The van der Waals surface area contributed by atoms with Gasteiger partial charge in [-0.15, -0.1) is 11.3 Å². The number of methoxy groups -OCH3 is 1. The van der Waals surface area contributed by atoms with Gasteiger partial charge in [-0.2, -0.15) is 4.98 Å². The van der Waals surface area contributed by atoms with Crippen LogP contribution in [0, 0.1) is 0 Å². The average Bonchev–Trinajstić information content (AvgIpc) is 3.40. The number of nitrogens with zero attached hydrogens (tertiary/aromatic N) is 4. The number of benzene rings is 1. The molecule has 3 aromatic rings. The van der Waals surface area contributed by atoms with Gasteiger partial charge in [0.05, 0.1) is 18.5 Å². The van der Waals surface area contributed by atoms with Gasteiger partial charge in [-0.25, -0.2) is 0 Å². The Bertz CT molecular complexity index is 901. The maximum absolute atomic E-state index is 12.7. The van der Waals surface area contributed by atoms with Gasteiger partial charge in [0.15, 0.2) is 0 Å². The first kappa shape index (κ1) is 17.7. The predicted octanol–water partition coefficient (Wildman–Crippen LogP) is 2.76. The molecule has 27 heavy (non-hydrogen) atoms. The van der Waals surface area contributed by atoms with Crippen molar-refractivity contribution in [2.45, 2.75) is 6.54 Å². The Labute approximate surface area is 161 Å². The van der Waals surface area contributed by atoms with Gasteiger partial charge in [0.2, 0.25) is 11.7 Å². The summed E-state index contributed by atoms with van der Waals surface area (Å²) in [5, 5.41) is 6.03. The summed E-state index contributed by atoms with van der Waals surface area (Å²) in [6.07, 6.45) is 0. The van der Waals surface area contributed by atoms with Crippen LogP contribution in [0.25, 0.3) is 10.7 Å². The highest BCUT2D eigenvalue weighted by Crippen LogP contribution is 2.22. The Balaban J connectivity index is 1.33. The van der Waals surface area contributed by atoms with Crippen LogP contribution in [0.2, 0.25) is 0 Å². The molecule has 1 fully saturated rings. The maximum Gasteiger partial charge on any atom is 0.254 e. The van der Waals surface area contributed by atoms with Crippen molar-refractivity contribution in [2.24, 2.45) is 0 Å². The lowest BCUT2D eigenvalue weighted by Gasteiger charge is -2.34. The molecule has 2 aromatic heterocycles. The number of rotatable bonds is 5. The van der Waals surface area contributed by atoms with Gasteiger partial charge in [0.25, 0.3) is 5.91 Å². The minimum Gasteiger partial charge on any atom is -0.497 e. The van der Waals surface area contributed by atoms with Crippen molar-refractivity contribution in [3.05, 3.63) is 53.2 Å². The van der Waals surface area contributed by atoms with Crippen molar-refractivity contribution in [1.82, 2.24) is 19.9 Å². The second-order valence-electron chi connectivity index (χ2n) is 6.29. The molecular weight excluding hydrogens is 364 g/mol. The second-order valence-corrected chi connectivity index (χ2v) is 7.24. The van der Waals surface area contributed by atoms with E-state index in [2.05, 4.69) is 15.0 Å². The third kappa shape index (κ3) is 4.01. The van der Waals surface area contributed by atoms with Crippen LogP contribution in [-0.2, 0) is 6.54 Å². The van der Waals surface area contributed by atoms with Gasteiger partial charge in [0, 0.05) is 31.7 Å². The first-order chi connectivity index (χ1) is 13.2. The standard InChI is InChI=1S/C19H20N4O3S/c1-25-15-5-2-4-14(12-15)19(24)23-9-7-22(8-10-23)13-17-20-18(21-26-17)16-6-3-11-27-16/h2-6,11-12H,7-10,13H2,1H3. The van der Waals surface area contributed by atoms with Crippen LogP contribution in [0.15, 0.2) is 46.3 Å². The van der Waals surface area contributed by atoms with Crippen LogP contribution < -0.4 is 4.74 Å². The minimum atomic E-state index is 0.0336. The number of hydrogen-bond acceptors (Lipinski definition) is 7. The van der Waals surface area contributed by atoms with Crippen molar-refractivity contribution in [1.29, 1.82) is 0 Å². The Morgan fingerprint density at radius 3 is 2.81 bits per heavy atom. The van der Waals surface area contributed by atoms with Gasteiger partial charge in [-0.05, 0) is 29.6 Å². The van der Waals surface area contributed by atoms with Crippen LogP contribution in [0.4, 0.5) is 0 Å². The summed E-state index contributed by atoms with van der Waals surface area (Å²) < 4.78 is 10.6. The number of hydrogen-bond donors (Lipinski definition) is 0. The molecule has 7 nitrogen and oxygen atoms in total. The van der Waals surface area contributed by atoms with Crippen LogP contribution in [0.1, 0.15) is 16.2 Å². The molecule has 140 valence electrons. The van der Waals surface area contributed by atoms with E-state index >= 15 is 0 Å². The number of ether oxygens (including phenoxy) is 1. The third-order valence-corrected chi connectivity index (χ3v) is 5.41. The van der Waals surface area contributed by atoms with Crippen molar-refractivity contribution >= 4 is 17.2 Å². The highest BCUT2D eigenvalue weighted by Gasteiger charge is 2.23. The lowest BCUT2D eigenvalue weighted by molar-refractivity contribution is 0.0615. The molecule has 0 unspecified atom stereocenters. The van der Waals surface area contributed by atoms with E-state index in [0.717, 1.165) is 18.0 Å². The minimum absolute atomic E-state index is 0.0336. The molecule has 0 radical (unpaired) electrons. The molecule has 1 aliphatic heterocycles. The Hall–Kier alpha value is -2.71. The zero-order valence-corrected chi connectivity index (χ0v) is 15.8. The molecule has 0 saturated carbocycles. The summed E-state index contributed by atoms with van der Waals surface area (Å²) >= 11 is 1.59. The van der Waals surface area contributed by atoms with Gasteiger partial charge < -0.3 is 14.2 Å². The fourth-order valence-corrected chi connectivity index (χ4v) is 3.71. The smallest absolute Gasteiger partial charge is 0.254 e. The summed E-state index contributed by atoms with van der Waals surface area (Å²) in [5.41, 5.74) is 0.653. The Kier molecular flexibility index (Phi) is 5.17. The van der Waals surface area contributed by atoms with Crippen LogP contribution >= 0.6 is 11.3 Å². The predicted molar refractivity (Wildman–Crippen MR) is 102 cm³/mol. The molecule has 1 aliphatic rings. The molecule has 0 N–H and O–H groups in total. The van der Waals surface area contributed by atoms with E-state index in [4.69, 9.17) is 9.26 Å². The molecule has 1 aromatic carbocycles. The van der Waals surface area contributed by atoms with Crippen LogP contribution in [-0.4, -0.2) is 59.1 Å². The van der Waals surface area contributed by atoms with E-state index in [9.17, 15) is 4.79 Å². The number of carbonyl (C=O) groups is 1. The molecule has 0 bridgehead atoms. The quantitative estimate of drug-likeness (QED) is 0.674. The molecular formula is C19H20N4O3S. The summed E-state index contributed by atoms with van der Waals surface area (Å²) in [5.74, 6) is 1.96. The molecule has 0 spiro atoms. The first-order valence-electron chi connectivity index (χ1n) is 8.75. The number of carbonyl (C=O) groups excluding carboxylic acids is 1. The van der Waals surface area contributed by atoms with Gasteiger partial charge >= 0.3 is 0 Å². The third-order valence-electron chi connectivity index (χ3n) is 4.54. The molecule has 0 atom stereocenters. The van der Waals surface area contributed by atoms with Crippen LogP contribution in [0.3, 0.4) is 0 Å². The highest BCUT2D eigenvalue weighted by molar-refractivity contribution is 7.13. The van der Waals surface area contributed by atoms with Crippen molar-refractivity contribution in [2.75, 3.05) is 33.3 Å². The summed E-state index contributed by atoms with van der Waals surface area (Å²) in [6, 6.07) is 11.2. The lowest BCUT2D eigenvalue weighted by atomic mass is 10.1. The lowest BCUT2D eigenvalue weighted by Crippen LogP contribution is -2.48. The zero-order chi connectivity index (χ0) is 18.6. The number of amides is 1. The summed E-state index contributed by atoms with van der Waals surface area (Å²) in [7, 11) is 1.60. The number of thiophene rings is 1. The Morgan fingerprint density at radius 1 is 1.22 bits per heavy atom. The average molecular weight is 384 g/mol. The SMILES string of the molecule is COc1cccc(C(=O)N2CCN(Cc3nc(-c4cccs4)no3)CC2)c1. The molecule has 1 amide bonds. The van der Waals surface area contributed by atoms with Crippen LogP contribution in [0.5, 0.6) is 5.75 Å². The van der Waals surface area contributed by atoms with E-state index in [0.29, 0.717) is 42.7 Å². The molecule has 8 heteroatoms. The number of piperazine rings is 1. The summed E-state index contributed by atoms with van der Waals surface area (Å²) in [4.78, 5) is 22.2. The fourth-order valence-electron chi connectivity index (χ4n) is 3.06. The van der Waals surface area contributed by atoms with E-state index in [1.807, 2.05) is 40.6 Å². The molecule has 0 aliphatic carbocycles. The maximum atomic E-state index is 12.7. The highest BCUT2D eigenvalue weighted by atomic mass is 32.1. The van der Waals surface area contributed by atoms with Crippen molar-refractivity contribution in [3.63, 3.8) is 0 Å². The normalized spacial score (nSPS) is 15.1. The molecule has 1 saturated heterocycles. The Morgan fingerprint density at radius 2 is 2.07 bits per heavy atom. The fraction of sp³-hybridized carbons (Fsp3) is 0.316. The van der Waals surface area contributed by atoms with Gasteiger partial charge in [-0.1, -0.05) is 17.3 Å². The monoisotopic (exact) mass is 384 g/mol. The largest absolute Gasteiger partial charge is 0.497 e. The first-order valence-corrected chi connectivity index (χ1v) is 9.63. The molecule has 3 heterocycles. The summed E-state index contributed by atoms with van der Waals surface area (Å²) in [6.45, 7) is 3.47. The van der Waals surface area contributed by atoms with Gasteiger partial charge in [0.1, 0.15) is 5.75 Å². The van der Waals surface area contributed by atoms with E-state index in [1.165, 1.54) is 0 Å². The van der Waals surface area contributed by atoms with E-state index < -0.39 is 0 Å². The van der Waals surface area contributed by atoms with Crippen molar-refractivity contribution < 1.29 is 14.1 Å². The van der Waals surface area contributed by atoms with Crippen molar-refractivity contribution in [3.8, 4) is 16.5 Å². The zero-order valence-electron chi connectivity index (χ0n) is 15.0. The van der Waals surface area contributed by atoms with E-state index in [1.54, 1.807) is 24.5 Å². The molecule has 4 rings (SSSR count).